The molecule has 2 aromatic rings. The van der Waals surface area contributed by atoms with Gasteiger partial charge in [-0.05, 0) is 47.5 Å². The number of nitrogen functional groups attached to an aromatic ring is 1. The van der Waals surface area contributed by atoms with Crippen LogP contribution in [-0.4, -0.2) is 21.0 Å². The second kappa shape index (κ2) is 6.09. The molecule has 2 rings (SSSR count). The van der Waals surface area contributed by atoms with Crippen LogP contribution in [0.3, 0.4) is 0 Å². The molecule has 0 bridgehead atoms. The van der Waals surface area contributed by atoms with Crippen molar-refractivity contribution in [3.8, 4) is 5.75 Å². The minimum absolute atomic E-state index is 0.00312. The van der Waals surface area contributed by atoms with Gasteiger partial charge in [0, 0.05) is 0 Å². The van der Waals surface area contributed by atoms with E-state index >= 15 is 0 Å². The first kappa shape index (κ1) is 15.2. The Hall–Kier alpha value is -2.15. The lowest BCUT2D eigenvalue weighted by atomic mass is 10.1. The van der Waals surface area contributed by atoms with Crippen molar-refractivity contribution in [3.63, 3.8) is 0 Å². The number of ether oxygens (including phenoxy) is 1. The Morgan fingerprint density at radius 3 is 2.71 bits per heavy atom. The van der Waals surface area contributed by atoms with Crippen molar-refractivity contribution < 1.29 is 14.6 Å². The van der Waals surface area contributed by atoms with E-state index in [0.717, 1.165) is 10.0 Å². The van der Waals surface area contributed by atoms with Gasteiger partial charge in [0.15, 0.2) is 0 Å². The van der Waals surface area contributed by atoms with Gasteiger partial charge in [-0.2, -0.15) is 0 Å². The molecule has 0 saturated carbocycles. The number of hydrogen-bond donors (Lipinski definition) is 2. The molecule has 0 aliphatic rings. The van der Waals surface area contributed by atoms with Crippen LogP contribution in [0.1, 0.15) is 27.3 Å². The highest BCUT2D eigenvalue weighted by atomic mass is 79.9. The van der Waals surface area contributed by atoms with Crippen LogP contribution in [-0.2, 0) is 6.61 Å². The first-order valence-corrected chi connectivity index (χ1v) is 6.93. The van der Waals surface area contributed by atoms with Crippen molar-refractivity contribution in [1.29, 1.82) is 0 Å². The summed E-state index contributed by atoms with van der Waals surface area (Å²) in [6.45, 7) is 3.54. The molecule has 0 unspecified atom stereocenters. The van der Waals surface area contributed by atoms with Crippen LogP contribution in [0.15, 0.2) is 22.7 Å². The number of aromatic nitrogens is 2. The molecule has 1 aromatic carbocycles. The van der Waals surface area contributed by atoms with Gasteiger partial charge >= 0.3 is 5.97 Å². The lowest BCUT2D eigenvalue weighted by molar-refractivity contribution is 0.0691. The van der Waals surface area contributed by atoms with Crippen LogP contribution in [0.4, 0.5) is 5.95 Å². The Morgan fingerprint density at radius 1 is 1.38 bits per heavy atom. The maximum Gasteiger partial charge on any atom is 0.339 e. The molecule has 0 amide bonds. The number of nitrogens with two attached hydrogens (primary N) is 1. The summed E-state index contributed by atoms with van der Waals surface area (Å²) in [7, 11) is 0. The molecule has 0 aliphatic heterocycles. The van der Waals surface area contributed by atoms with Gasteiger partial charge in [-0.15, -0.1) is 0 Å². The zero-order chi connectivity index (χ0) is 15.6. The zero-order valence-electron chi connectivity index (χ0n) is 11.6. The predicted molar refractivity (Wildman–Crippen MR) is 81.4 cm³/mol. The quantitative estimate of drug-likeness (QED) is 0.878. The highest BCUT2D eigenvalue weighted by Gasteiger charge is 2.18. The van der Waals surface area contributed by atoms with Gasteiger partial charge in [0.25, 0.3) is 0 Å². The summed E-state index contributed by atoms with van der Waals surface area (Å²) < 4.78 is 6.41. The van der Waals surface area contributed by atoms with E-state index in [9.17, 15) is 9.90 Å². The van der Waals surface area contributed by atoms with Gasteiger partial charge in [-0.3, -0.25) is 0 Å². The van der Waals surface area contributed by atoms with Gasteiger partial charge in [0.2, 0.25) is 5.95 Å². The van der Waals surface area contributed by atoms with Crippen molar-refractivity contribution in [2.24, 2.45) is 0 Å². The number of hydrogen-bond acceptors (Lipinski definition) is 5. The second-order valence-corrected chi connectivity index (χ2v) is 5.37. The summed E-state index contributed by atoms with van der Waals surface area (Å²) in [5, 5.41) is 9.24. The molecule has 110 valence electrons. The molecule has 21 heavy (non-hydrogen) atoms. The molecule has 1 heterocycles. The predicted octanol–water partition coefficient (Wildman–Crippen LogP) is 2.72. The van der Waals surface area contributed by atoms with E-state index in [0.29, 0.717) is 11.4 Å². The third-order valence-corrected chi connectivity index (χ3v) is 3.47. The van der Waals surface area contributed by atoms with E-state index in [1.165, 1.54) is 0 Å². The zero-order valence-corrected chi connectivity index (χ0v) is 13.1. The van der Waals surface area contributed by atoms with Gasteiger partial charge in [-0.25, -0.2) is 14.8 Å². The minimum Gasteiger partial charge on any atom is -0.486 e. The Kier molecular flexibility index (Phi) is 4.42. The molecule has 0 saturated heterocycles. The van der Waals surface area contributed by atoms with Crippen LogP contribution >= 0.6 is 15.9 Å². The van der Waals surface area contributed by atoms with Crippen LogP contribution in [0.25, 0.3) is 0 Å². The summed E-state index contributed by atoms with van der Waals surface area (Å²) in [6.07, 6.45) is 0. The van der Waals surface area contributed by atoms with E-state index in [-0.39, 0.29) is 23.8 Å². The molecule has 6 nitrogen and oxygen atoms in total. The molecular formula is C14H14BrN3O3. The third-order valence-electron chi connectivity index (χ3n) is 2.85. The number of carboxylic acid groups (broad SMARTS) is 1. The normalized spacial score (nSPS) is 10.4. The van der Waals surface area contributed by atoms with Crippen LogP contribution in [0, 0.1) is 13.8 Å². The Morgan fingerprint density at radius 2 is 2.10 bits per heavy atom. The fourth-order valence-electron chi connectivity index (χ4n) is 1.91. The van der Waals surface area contributed by atoms with Gasteiger partial charge < -0.3 is 15.6 Å². The van der Waals surface area contributed by atoms with Gasteiger partial charge in [0.1, 0.15) is 17.9 Å². The monoisotopic (exact) mass is 351 g/mol. The molecule has 0 atom stereocenters. The van der Waals surface area contributed by atoms with Crippen LogP contribution < -0.4 is 10.5 Å². The molecular weight excluding hydrogens is 338 g/mol. The number of anilines is 1. The summed E-state index contributed by atoms with van der Waals surface area (Å²) in [6, 6.07) is 5.61. The Bertz CT molecular complexity index is 704. The second-order valence-electron chi connectivity index (χ2n) is 4.52. The topological polar surface area (TPSA) is 98.3 Å². The van der Waals surface area contributed by atoms with Gasteiger partial charge in [-0.1, -0.05) is 6.07 Å². The largest absolute Gasteiger partial charge is 0.486 e. The lowest BCUT2D eigenvalue weighted by Crippen LogP contribution is -2.14. The number of nitrogens with zero attached hydrogens (tertiary/aromatic N) is 2. The SMILES string of the molecule is Cc1ccc(OCc2nc(N)nc(C)c2C(=O)O)c(Br)c1. The molecule has 7 heteroatoms. The minimum atomic E-state index is -1.10. The molecule has 0 radical (unpaired) electrons. The summed E-state index contributed by atoms with van der Waals surface area (Å²) in [5.41, 5.74) is 7.24. The number of aromatic carboxylic acids is 1. The Balaban J connectivity index is 2.29. The average molecular weight is 352 g/mol. The highest BCUT2D eigenvalue weighted by molar-refractivity contribution is 9.10. The van der Waals surface area contributed by atoms with E-state index in [4.69, 9.17) is 10.5 Å². The van der Waals surface area contributed by atoms with Crippen molar-refractivity contribution >= 4 is 27.8 Å². The molecule has 0 aliphatic carbocycles. The van der Waals surface area contributed by atoms with Crippen molar-refractivity contribution in [2.75, 3.05) is 5.73 Å². The molecule has 0 fully saturated rings. The van der Waals surface area contributed by atoms with Gasteiger partial charge in [0.05, 0.1) is 15.9 Å². The maximum absolute atomic E-state index is 11.3. The van der Waals surface area contributed by atoms with Crippen molar-refractivity contribution in [1.82, 2.24) is 9.97 Å². The maximum atomic E-state index is 11.3. The number of carbonyl (C=O) groups is 1. The number of aryl methyl sites for hydroxylation is 2. The number of rotatable bonds is 4. The van der Waals surface area contributed by atoms with Crippen LogP contribution in [0.2, 0.25) is 0 Å². The summed E-state index contributed by atoms with van der Waals surface area (Å²) in [5.74, 6) is -0.472. The van der Waals surface area contributed by atoms with E-state index in [1.54, 1.807) is 13.0 Å². The fourth-order valence-corrected chi connectivity index (χ4v) is 2.52. The fraction of sp³-hybridized carbons (Fsp3) is 0.214. The van der Waals surface area contributed by atoms with E-state index in [2.05, 4.69) is 25.9 Å². The van der Waals surface area contributed by atoms with E-state index < -0.39 is 5.97 Å². The number of benzene rings is 1. The van der Waals surface area contributed by atoms with Crippen molar-refractivity contribution in [2.45, 2.75) is 20.5 Å². The van der Waals surface area contributed by atoms with Crippen LogP contribution in [0.5, 0.6) is 5.75 Å². The Labute approximate surface area is 130 Å². The molecule has 3 N–H and O–H groups in total. The van der Waals surface area contributed by atoms with E-state index in [1.807, 2.05) is 19.1 Å². The molecule has 1 aromatic heterocycles. The third kappa shape index (κ3) is 3.49. The summed E-state index contributed by atoms with van der Waals surface area (Å²) >= 11 is 3.40. The van der Waals surface area contributed by atoms with Crippen molar-refractivity contribution in [3.05, 3.63) is 45.2 Å². The highest BCUT2D eigenvalue weighted by Crippen LogP contribution is 2.27. The smallest absolute Gasteiger partial charge is 0.339 e. The first-order valence-electron chi connectivity index (χ1n) is 6.13. The number of halogens is 1. The standard InChI is InChI=1S/C14H14BrN3O3/c1-7-3-4-11(9(15)5-7)21-6-10-12(13(19)20)8(2)17-14(16)18-10/h3-5H,6H2,1-2H3,(H,19,20)(H2,16,17,18). The molecule has 0 spiro atoms. The summed E-state index contributed by atoms with van der Waals surface area (Å²) in [4.78, 5) is 19.1. The lowest BCUT2D eigenvalue weighted by Gasteiger charge is -2.11. The first-order chi connectivity index (χ1) is 9.88. The average Bonchev–Trinajstić information content (AvgIpc) is 2.36. The number of carboxylic acids is 1.